The lowest BCUT2D eigenvalue weighted by Gasteiger charge is -2.26. The maximum atomic E-state index is 12.6. The number of carbonyl (C=O) groups is 2. The Kier molecular flexibility index (Phi) is 6.45. The molecule has 158 valence electrons. The van der Waals surface area contributed by atoms with Crippen molar-refractivity contribution in [3.8, 4) is 0 Å². The quantitative estimate of drug-likeness (QED) is 0.577. The van der Waals surface area contributed by atoms with Gasteiger partial charge in [0.2, 0.25) is 0 Å². The topological polar surface area (TPSA) is 84.7 Å². The zero-order chi connectivity index (χ0) is 21.7. The number of rotatable bonds is 4. The Bertz CT molecular complexity index is 912. The zero-order valence-corrected chi connectivity index (χ0v) is 17.7. The summed E-state index contributed by atoms with van der Waals surface area (Å²) in [5.41, 5.74) is 8.91. The Morgan fingerprint density at radius 1 is 1.03 bits per heavy atom. The van der Waals surface area contributed by atoms with E-state index in [9.17, 15) is 9.59 Å². The molecule has 0 radical (unpaired) electrons. The highest BCUT2D eigenvalue weighted by molar-refractivity contribution is 5.97. The lowest BCUT2D eigenvalue weighted by molar-refractivity contribution is -0.121. The molecular weight excluding hydrogens is 378 g/mol. The van der Waals surface area contributed by atoms with Crippen LogP contribution in [0.15, 0.2) is 48.5 Å². The van der Waals surface area contributed by atoms with Crippen molar-refractivity contribution in [2.45, 2.75) is 45.3 Å². The van der Waals surface area contributed by atoms with Gasteiger partial charge in [-0.3, -0.25) is 10.1 Å². The first-order chi connectivity index (χ1) is 14.2. The molecule has 1 aliphatic heterocycles. The Morgan fingerprint density at radius 3 is 2.17 bits per heavy atom. The van der Waals surface area contributed by atoms with Crippen LogP contribution in [0, 0.1) is 0 Å². The molecule has 0 unspecified atom stereocenters. The molecule has 1 aliphatic rings. The fourth-order valence-electron chi connectivity index (χ4n) is 3.41. The lowest BCUT2D eigenvalue weighted by atomic mass is 10.1. The van der Waals surface area contributed by atoms with Crippen LogP contribution in [0.1, 0.15) is 44.7 Å². The van der Waals surface area contributed by atoms with Crippen molar-refractivity contribution in [3.05, 3.63) is 59.7 Å². The van der Waals surface area contributed by atoms with Crippen molar-refractivity contribution >= 4 is 35.5 Å². The van der Waals surface area contributed by atoms with Crippen molar-refractivity contribution in [2.24, 2.45) is 0 Å². The molecular formula is C24H29N3O3. The second kappa shape index (κ2) is 9.03. The molecule has 2 amide bonds. The van der Waals surface area contributed by atoms with E-state index in [1.54, 1.807) is 20.8 Å². The summed E-state index contributed by atoms with van der Waals surface area (Å²) in [7, 11) is 0. The van der Waals surface area contributed by atoms with E-state index in [-0.39, 0.29) is 11.9 Å². The smallest absolute Gasteiger partial charge is 0.414 e. The first-order valence-corrected chi connectivity index (χ1v) is 10.2. The number of anilines is 2. The zero-order valence-electron chi connectivity index (χ0n) is 17.7. The van der Waals surface area contributed by atoms with Crippen LogP contribution in [0.2, 0.25) is 0 Å². The summed E-state index contributed by atoms with van der Waals surface area (Å²) >= 11 is 0. The molecule has 1 atom stereocenters. The number of nitrogens with two attached hydrogens (primary N) is 1. The van der Waals surface area contributed by atoms with Crippen LogP contribution in [-0.2, 0) is 9.53 Å². The predicted molar refractivity (Wildman–Crippen MR) is 121 cm³/mol. The van der Waals surface area contributed by atoms with Gasteiger partial charge in [-0.2, -0.15) is 0 Å². The van der Waals surface area contributed by atoms with Crippen LogP contribution < -0.4 is 16.0 Å². The van der Waals surface area contributed by atoms with Crippen LogP contribution in [0.25, 0.3) is 12.2 Å². The highest BCUT2D eigenvalue weighted by Crippen LogP contribution is 2.26. The van der Waals surface area contributed by atoms with E-state index in [1.165, 1.54) is 0 Å². The molecule has 3 N–H and O–H groups in total. The maximum Gasteiger partial charge on any atom is 0.414 e. The molecule has 3 rings (SSSR count). The van der Waals surface area contributed by atoms with Gasteiger partial charge in [-0.15, -0.1) is 0 Å². The van der Waals surface area contributed by atoms with E-state index in [1.807, 2.05) is 65.6 Å². The average molecular weight is 408 g/mol. The molecule has 2 aromatic rings. The Morgan fingerprint density at radius 2 is 1.60 bits per heavy atom. The number of nitrogens with zero attached hydrogens (tertiary/aromatic N) is 1. The molecule has 2 aromatic carbocycles. The number of nitrogens with one attached hydrogen (secondary N) is 1. The van der Waals surface area contributed by atoms with Gasteiger partial charge >= 0.3 is 6.09 Å². The van der Waals surface area contributed by atoms with E-state index < -0.39 is 11.7 Å². The second-order valence-corrected chi connectivity index (χ2v) is 8.43. The Balaban J connectivity index is 1.64. The van der Waals surface area contributed by atoms with Crippen molar-refractivity contribution in [1.29, 1.82) is 0 Å². The molecule has 0 bridgehead atoms. The number of carbonyl (C=O) groups excluding carboxylic acids is 2. The lowest BCUT2D eigenvalue weighted by Crippen LogP contribution is -2.47. The summed E-state index contributed by atoms with van der Waals surface area (Å²) < 4.78 is 5.19. The third-order valence-electron chi connectivity index (χ3n) is 4.81. The summed E-state index contributed by atoms with van der Waals surface area (Å²) in [5, 5.41) is 2.37. The fraction of sp³-hybridized carbons (Fsp3) is 0.333. The number of amides is 2. The molecule has 1 saturated heterocycles. The third kappa shape index (κ3) is 5.86. The standard InChI is InChI=1S/C24H29N3O3/c1-24(2,3)30-23(29)26-22(28)21-5-4-16-27(21)20-14-10-18(11-15-20)7-6-17-8-12-19(25)13-9-17/h6-15,21H,4-5,16,25H2,1-3H3,(H,26,28,29)/b7-6+/t21-/m1/s1. The number of hydrogen-bond donors (Lipinski definition) is 2. The summed E-state index contributed by atoms with van der Waals surface area (Å²) in [6.07, 6.45) is 4.95. The highest BCUT2D eigenvalue weighted by Gasteiger charge is 2.32. The van der Waals surface area contributed by atoms with Crippen molar-refractivity contribution in [1.82, 2.24) is 5.32 Å². The second-order valence-electron chi connectivity index (χ2n) is 8.43. The molecule has 0 aliphatic carbocycles. The number of nitrogen functional groups attached to an aromatic ring is 1. The molecule has 0 spiro atoms. The van der Waals surface area contributed by atoms with Crippen LogP contribution in [0.3, 0.4) is 0 Å². The van der Waals surface area contributed by atoms with Gasteiger partial charge in [0, 0.05) is 17.9 Å². The first-order valence-electron chi connectivity index (χ1n) is 10.2. The van der Waals surface area contributed by atoms with Gasteiger partial charge in [0.05, 0.1) is 0 Å². The monoisotopic (exact) mass is 407 g/mol. The number of alkyl carbamates (subject to hydrolysis) is 1. The normalized spacial score (nSPS) is 16.6. The molecule has 6 nitrogen and oxygen atoms in total. The van der Waals surface area contributed by atoms with Crippen LogP contribution in [-0.4, -0.2) is 30.2 Å². The predicted octanol–water partition coefficient (Wildman–Crippen LogP) is 4.46. The van der Waals surface area contributed by atoms with E-state index >= 15 is 0 Å². The summed E-state index contributed by atoms with van der Waals surface area (Å²) in [6, 6.07) is 15.3. The van der Waals surface area contributed by atoms with Crippen LogP contribution in [0.4, 0.5) is 16.2 Å². The van der Waals surface area contributed by atoms with Crippen LogP contribution in [0.5, 0.6) is 0 Å². The summed E-state index contributed by atoms with van der Waals surface area (Å²) in [4.78, 5) is 26.6. The van der Waals surface area contributed by atoms with Crippen molar-refractivity contribution in [3.63, 3.8) is 0 Å². The fourth-order valence-corrected chi connectivity index (χ4v) is 3.41. The molecule has 1 fully saturated rings. The van der Waals surface area contributed by atoms with Gasteiger partial charge in [-0.05, 0) is 69.0 Å². The molecule has 0 saturated carbocycles. The van der Waals surface area contributed by atoms with Crippen molar-refractivity contribution < 1.29 is 14.3 Å². The SMILES string of the molecule is CC(C)(C)OC(=O)NC(=O)[C@H]1CCCN1c1ccc(/C=C/c2ccc(N)cc2)cc1. The average Bonchev–Trinajstić information content (AvgIpc) is 3.16. The summed E-state index contributed by atoms with van der Waals surface area (Å²) in [5.74, 6) is -0.325. The van der Waals surface area contributed by atoms with E-state index in [4.69, 9.17) is 10.5 Å². The van der Waals surface area contributed by atoms with Gasteiger partial charge in [-0.1, -0.05) is 36.4 Å². The summed E-state index contributed by atoms with van der Waals surface area (Å²) in [6.45, 7) is 6.07. The van der Waals surface area contributed by atoms with Gasteiger partial charge in [0.1, 0.15) is 11.6 Å². The molecule has 30 heavy (non-hydrogen) atoms. The molecule has 6 heteroatoms. The Hall–Kier alpha value is -3.28. The minimum atomic E-state index is -0.706. The van der Waals surface area contributed by atoms with Crippen LogP contribution >= 0.6 is 0 Å². The Labute approximate surface area is 177 Å². The number of hydrogen-bond acceptors (Lipinski definition) is 5. The number of imide groups is 1. The minimum Gasteiger partial charge on any atom is -0.444 e. The van der Waals surface area contributed by atoms with Gasteiger partial charge in [0.25, 0.3) is 5.91 Å². The van der Waals surface area contributed by atoms with Gasteiger partial charge in [0.15, 0.2) is 0 Å². The minimum absolute atomic E-state index is 0.325. The largest absolute Gasteiger partial charge is 0.444 e. The van der Waals surface area contributed by atoms with Gasteiger partial charge in [-0.25, -0.2) is 4.79 Å². The van der Waals surface area contributed by atoms with Crippen molar-refractivity contribution in [2.75, 3.05) is 17.2 Å². The third-order valence-corrected chi connectivity index (χ3v) is 4.81. The number of ether oxygens (including phenoxy) is 1. The van der Waals surface area contributed by atoms with E-state index in [2.05, 4.69) is 5.32 Å². The number of benzene rings is 2. The van der Waals surface area contributed by atoms with E-state index in [0.29, 0.717) is 6.42 Å². The highest BCUT2D eigenvalue weighted by atomic mass is 16.6. The molecule has 0 aromatic heterocycles. The first kappa shape index (κ1) is 21.4. The maximum absolute atomic E-state index is 12.6. The van der Waals surface area contributed by atoms with E-state index in [0.717, 1.165) is 35.5 Å². The molecule has 1 heterocycles. The van der Waals surface area contributed by atoms with Gasteiger partial charge < -0.3 is 15.4 Å².